The SMILES string of the molecule is Ic1cc(N2CC3CC(C2)O3)nc2c1cnn2-c1ccn[nH]1. The van der Waals surface area contributed by atoms with Gasteiger partial charge in [0.25, 0.3) is 0 Å². The first-order valence-corrected chi connectivity index (χ1v) is 8.30. The number of aromatic nitrogens is 5. The van der Waals surface area contributed by atoms with Crippen molar-refractivity contribution in [2.24, 2.45) is 0 Å². The molecule has 0 aliphatic carbocycles. The quantitative estimate of drug-likeness (QED) is 0.654. The lowest BCUT2D eigenvalue weighted by Crippen LogP contribution is -2.57. The number of hydrogen-bond donors (Lipinski definition) is 1. The van der Waals surface area contributed by atoms with Crippen LogP contribution in [0.25, 0.3) is 16.9 Å². The predicted molar refractivity (Wildman–Crippen MR) is 89.2 cm³/mol. The molecule has 6 rings (SSSR count). The van der Waals surface area contributed by atoms with Gasteiger partial charge >= 0.3 is 0 Å². The molecule has 3 saturated heterocycles. The van der Waals surface area contributed by atoms with E-state index in [1.807, 2.05) is 12.3 Å². The van der Waals surface area contributed by atoms with Gasteiger partial charge in [-0.05, 0) is 28.7 Å². The molecular formula is C14H13IN6O. The topological polar surface area (TPSA) is 71.9 Å². The maximum Gasteiger partial charge on any atom is 0.168 e. The number of hydrogen-bond acceptors (Lipinski definition) is 5. The minimum Gasteiger partial charge on any atom is -0.371 e. The second-order valence-corrected chi connectivity index (χ2v) is 6.88. The number of ether oxygens (including phenoxy) is 1. The standard InChI is InChI=1S/C14H13IN6O/c15-11-4-13(20-6-8-3-9(7-20)22-8)18-14-10(11)5-17-21(14)12-1-2-16-19-12/h1-2,4-5,8-9H,3,6-7H2,(H,16,19). The average Bonchev–Trinajstić information content (AvgIpc) is 3.15. The number of nitrogens with zero attached hydrogens (tertiary/aromatic N) is 5. The minimum absolute atomic E-state index is 0.367. The van der Waals surface area contributed by atoms with Crippen molar-refractivity contribution in [1.82, 2.24) is 25.0 Å². The highest BCUT2D eigenvalue weighted by atomic mass is 127. The lowest BCUT2D eigenvalue weighted by atomic mass is 9.99. The van der Waals surface area contributed by atoms with Crippen molar-refractivity contribution in [3.63, 3.8) is 0 Å². The second-order valence-electron chi connectivity index (χ2n) is 5.72. The molecule has 0 amide bonds. The van der Waals surface area contributed by atoms with Gasteiger partial charge in [0.1, 0.15) is 5.82 Å². The van der Waals surface area contributed by atoms with E-state index >= 15 is 0 Å². The molecule has 22 heavy (non-hydrogen) atoms. The number of piperidine rings is 1. The Morgan fingerprint density at radius 1 is 1.32 bits per heavy atom. The third-order valence-corrected chi connectivity index (χ3v) is 5.17. The number of fused-ring (bicyclic) bond motifs is 3. The molecule has 0 radical (unpaired) electrons. The highest BCUT2D eigenvalue weighted by Gasteiger charge is 2.38. The molecule has 3 aliphatic rings. The van der Waals surface area contributed by atoms with E-state index in [2.05, 4.69) is 48.9 Å². The molecule has 2 unspecified atom stereocenters. The fourth-order valence-corrected chi connectivity index (χ4v) is 3.86. The number of rotatable bonds is 2. The Hall–Kier alpha value is -1.68. The van der Waals surface area contributed by atoms with Crippen molar-refractivity contribution in [3.05, 3.63) is 28.1 Å². The van der Waals surface area contributed by atoms with Crippen molar-refractivity contribution in [3.8, 4) is 5.82 Å². The van der Waals surface area contributed by atoms with E-state index in [0.717, 1.165) is 39.3 Å². The highest BCUT2D eigenvalue weighted by molar-refractivity contribution is 14.1. The van der Waals surface area contributed by atoms with Crippen LogP contribution in [-0.4, -0.2) is 50.3 Å². The third kappa shape index (κ3) is 1.86. The Bertz CT molecular complexity index is 829. The first kappa shape index (κ1) is 12.8. The molecule has 0 spiro atoms. The van der Waals surface area contributed by atoms with Crippen molar-refractivity contribution >= 4 is 39.4 Å². The zero-order valence-electron chi connectivity index (χ0n) is 11.6. The van der Waals surface area contributed by atoms with E-state index in [-0.39, 0.29) is 0 Å². The van der Waals surface area contributed by atoms with Gasteiger partial charge in [-0.15, -0.1) is 0 Å². The molecule has 6 heterocycles. The van der Waals surface area contributed by atoms with Gasteiger partial charge in [0.15, 0.2) is 11.5 Å². The number of H-pyrrole nitrogens is 1. The van der Waals surface area contributed by atoms with Crippen LogP contribution in [0.3, 0.4) is 0 Å². The van der Waals surface area contributed by atoms with Crippen LogP contribution in [0, 0.1) is 3.57 Å². The van der Waals surface area contributed by atoms with Gasteiger partial charge in [0.05, 0.1) is 30.0 Å². The average molecular weight is 408 g/mol. The summed E-state index contributed by atoms with van der Waals surface area (Å²) in [6.07, 6.45) is 5.48. The van der Waals surface area contributed by atoms with E-state index in [1.54, 1.807) is 10.9 Å². The van der Waals surface area contributed by atoms with Gasteiger partial charge in [-0.25, -0.2) is 4.98 Å². The van der Waals surface area contributed by atoms with E-state index in [4.69, 9.17) is 9.72 Å². The van der Waals surface area contributed by atoms with Crippen LogP contribution < -0.4 is 4.90 Å². The van der Waals surface area contributed by atoms with Crippen molar-refractivity contribution in [2.75, 3.05) is 18.0 Å². The van der Waals surface area contributed by atoms with Crippen molar-refractivity contribution in [1.29, 1.82) is 0 Å². The van der Waals surface area contributed by atoms with Crippen LogP contribution in [0.2, 0.25) is 0 Å². The summed E-state index contributed by atoms with van der Waals surface area (Å²) in [4.78, 5) is 7.16. The van der Waals surface area contributed by atoms with Crippen LogP contribution in [0.4, 0.5) is 5.82 Å². The first-order valence-electron chi connectivity index (χ1n) is 7.22. The summed E-state index contributed by atoms with van der Waals surface area (Å²) in [5.41, 5.74) is 0.853. The number of nitrogens with one attached hydrogen (secondary N) is 1. The number of pyridine rings is 1. The summed E-state index contributed by atoms with van der Waals surface area (Å²) in [6, 6.07) is 4.02. The molecule has 3 fully saturated rings. The van der Waals surface area contributed by atoms with E-state index < -0.39 is 0 Å². The van der Waals surface area contributed by atoms with Crippen LogP contribution in [0.15, 0.2) is 24.5 Å². The Morgan fingerprint density at radius 2 is 2.14 bits per heavy atom. The van der Waals surface area contributed by atoms with Crippen LogP contribution in [0.1, 0.15) is 6.42 Å². The Kier molecular flexibility index (Phi) is 2.71. The maximum absolute atomic E-state index is 5.71. The normalized spacial score (nSPS) is 23.8. The predicted octanol–water partition coefficient (Wildman–Crippen LogP) is 1.73. The van der Waals surface area contributed by atoms with Crippen molar-refractivity contribution in [2.45, 2.75) is 18.6 Å². The van der Waals surface area contributed by atoms with Crippen LogP contribution in [0.5, 0.6) is 0 Å². The summed E-state index contributed by atoms with van der Waals surface area (Å²) in [5, 5.41) is 12.4. The summed E-state index contributed by atoms with van der Waals surface area (Å²) >= 11 is 2.35. The molecule has 1 N–H and O–H groups in total. The first-order chi connectivity index (χ1) is 10.8. The lowest BCUT2D eigenvalue weighted by Gasteiger charge is -2.47. The van der Waals surface area contributed by atoms with E-state index in [0.29, 0.717) is 12.2 Å². The summed E-state index contributed by atoms with van der Waals surface area (Å²) in [6.45, 7) is 1.84. The third-order valence-electron chi connectivity index (χ3n) is 4.27. The smallest absolute Gasteiger partial charge is 0.168 e. The molecule has 3 aromatic rings. The molecule has 2 bridgehead atoms. The van der Waals surface area contributed by atoms with Gasteiger partial charge in [-0.3, -0.25) is 5.10 Å². The summed E-state index contributed by atoms with van der Waals surface area (Å²) in [5.74, 6) is 1.82. The van der Waals surface area contributed by atoms with Gasteiger partial charge in [-0.2, -0.15) is 14.9 Å². The van der Waals surface area contributed by atoms with Gasteiger partial charge in [0, 0.05) is 29.1 Å². The highest BCUT2D eigenvalue weighted by Crippen LogP contribution is 2.32. The molecule has 3 aromatic heterocycles. The van der Waals surface area contributed by atoms with E-state index in [1.165, 1.54) is 6.42 Å². The number of aromatic amines is 1. The monoisotopic (exact) mass is 408 g/mol. The zero-order chi connectivity index (χ0) is 14.7. The molecule has 0 aromatic carbocycles. The molecule has 0 saturated carbocycles. The number of anilines is 1. The fourth-order valence-electron chi connectivity index (χ4n) is 3.20. The number of halogens is 1. The molecule has 8 heteroatoms. The minimum atomic E-state index is 0.367. The van der Waals surface area contributed by atoms with E-state index in [9.17, 15) is 0 Å². The molecule has 3 aliphatic heterocycles. The van der Waals surface area contributed by atoms with Gasteiger partial charge in [0.2, 0.25) is 0 Å². The molecule has 2 atom stereocenters. The summed E-state index contributed by atoms with van der Waals surface area (Å²) in [7, 11) is 0. The molecule has 7 nitrogen and oxygen atoms in total. The van der Waals surface area contributed by atoms with Gasteiger partial charge < -0.3 is 9.64 Å². The Morgan fingerprint density at radius 3 is 2.86 bits per heavy atom. The number of morpholine rings is 1. The second kappa shape index (κ2) is 4.66. The lowest BCUT2D eigenvalue weighted by molar-refractivity contribution is -0.133. The molecular weight excluding hydrogens is 395 g/mol. The molecule has 112 valence electrons. The Balaban J connectivity index is 1.63. The van der Waals surface area contributed by atoms with Crippen LogP contribution in [-0.2, 0) is 4.74 Å². The largest absolute Gasteiger partial charge is 0.371 e. The maximum atomic E-state index is 5.71. The van der Waals surface area contributed by atoms with Gasteiger partial charge in [-0.1, -0.05) is 0 Å². The van der Waals surface area contributed by atoms with Crippen LogP contribution >= 0.6 is 22.6 Å². The zero-order valence-corrected chi connectivity index (χ0v) is 13.8. The Labute approximate surface area is 139 Å². The summed E-state index contributed by atoms with van der Waals surface area (Å²) < 4.78 is 8.67. The fraction of sp³-hybridized carbons (Fsp3) is 0.357. The van der Waals surface area contributed by atoms with Crippen molar-refractivity contribution < 1.29 is 4.74 Å².